The van der Waals surface area contributed by atoms with Crippen molar-refractivity contribution >= 4 is 11.0 Å². The van der Waals surface area contributed by atoms with Crippen LogP contribution >= 0.6 is 0 Å². The summed E-state index contributed by atoms with van der Waals surface area (Å²) in [7, 11) is 1.56. The van der Waals surface area contributed by atoms with Crippen LogP contribution in [0.3, 0.4) is 0 Å². The highest BCUT2D eigenvalue weighted by molar-refractivity contribution is 5.85. The lowest BCUT2D eigenvalue weighted by molar-refractivity contribution is 0.419. The SMILES string of the molecule is COc1ccc(C#N)c2nccnc12. The number of aromatic nitrogens is 2. The van der Waals surface area contributed by atoms with Gasteiger partial charge in [0.2, 0.25) is 0 Å². The molecule has 0 amide bonds. The Morgan fingerprint density at radius 2 is 1.93 bits per heavy atom. The van der Waals surface area contributed by atoms with Crippen LogP contribution in [0.2, 0.25) is 0 Å². The Kier molecular flexibility index (Phi) is 1.99. The van der Waals surface area contributed by atoms with Crippen molar-refractivity contribution in [2.45, 2.75) is 0 Å². The molecule has 1 aromatic heterocycles. The summed E-state index contributed by atoms with van der Waals surface area (Å²) in [4.78, 5) is 8.22. The first kappa shape index (κ1) is 8.45. The lowest BCUT2D eigenvalue weighted by Gasteiger charge is -2.03. The zero-order valence-electron chi connectivity index (χ0n) is 7.56. The van der Waals surface area contributed by atoms with Crippen LogP contribution in [-0.4, -0.2) is 17.1 Å². The highest BCUT2D eigenvalue weighted by Gasteiger charge is 2.07. The molecule has 1 heterocycles. The minimum atomic E-state index is 0.508. The summed E-state index contributed by atoms with van der Waals surface area (Å²) >= 11 is 0. The summed E-state index contributed by atoms with van der Waals surface area (Å²) in [6.07, 6.45) is 3.13. The number of fused-ring (bicyclic) bond motifs is 1. The van der Waals surface area contributed by atoms with Gasteiger partial charge in [-0.15, -0.1) is 0 Å². The molecule has 0 saturated heterocycles. The van der Waals surface area contributed by atoms with E-state index in [1.54, 1.807) is 31.6 Å². The van der Waals surface area contributed by atoms with Crippen LogP contribution in [0.25, 0.3) is 11.0 Å². The number of nitriles is 1. The summed E-state index contributed by atoms with van der Waals surface area (Å²) in [6.45, 7) is 0. The Hall–Kier alpha value is -2.15. The first-order valence-corrected chi connectivity index (χ1v) is 4.04. The van der Waals surface area contributed by atoms with Gasteiger partial charge in [0.15, 0.2) is 0 Å². The maximum atomic E-state index is 8.84. The summed E-state index contributed by atoms with van der Waals surface area (Å²) in [6, 6.07) is 5.46. The van der Waals surface area contributed by atoms with Gasteiger partial charge in [-0.05, 0) is 12.1 Å². The quantitative estimate of drug-likeness (QED) is 0.675. The van der Waals surface area contributed by atoms with Gasteiger partial charge in [-0.2, -0.15) is 5.26 Å². The molecule has 0 bridgehead atoms. The number of rotatable bonds is 1. The highest BCUT2D eigenvalue weighted by Crippen LogP contribution is 2.23. The zero-order valence-corrected chi connectivity index (χ0v) is 7.56. The Morgan fingerprint density at radius 1 is 1.21 bits per heavy atom. The average molecular weight is 185 g/mol. The van der Waals surface area contributed by atoms with Crippen LogP contribution in [0.15, 0.2) is 24.5 Å². The van der Waals surface area contributed by atoms with Crippen molar-refractivity contribution < 1.29 is 4.74 Å². The van der Waals surface area contributed by atoms with E-state index < -0.39 is 0 Å². The van der Waals surface area contributed by atoms with E-state index >= 15 is 0 Å². The van der Waals surface area contributed by atoms with Gasteiger partial charge >= 0.3 is 0 Å². The molecule has 0 N–H and O–H groups in total. The first-order chi connectivity index (χ1) is 6.86. The van der Waals surface area contributed by atoms with Crippen LogP contribution < -0.4 is 4.74 Å². The van der Waals surface area contributed by atoms with Gasteiger partial charge < -0.3 is 4.74 Å². The molecule has 14 heavy (non-hydrogen) atoms. The minimum absolute atomic E-state index is 0.508. The monoisotopic (exact) mass is 185 g/mol. The smallest absolute Gasteiger partial charge is 0.146 e. The average Bonchev–Trinajstić information content (AvgIpc) is 2.27. The lowest BCUT2D eigenvalue weighted by Crippen LogP contribution is -1.91. The van der Waals surface area contributed by atoms with Crippen molar-refractivity contribution in [3.63, 3.8) is 0 Å². The maximum absolute atomic E-state index is 8.84. The number of ether oxygens (including phenoxy) is 1. The molecule has 2 rings (SSSR count). The molecule has 1 aromatic carbocycles. The molecule has 4 heteroatoms. The summed E-state index contributed by atoms with van der Waals surface area (Å²) < 4.78 is 5.12. The van der Waals surface area contributed by atoms with Crippen molar-refractivity contribution in [1.82, 2.24) is 9.97 Å². The van der Waals surface area contributed by atoms with Gasteiger partial charge in [0.25, 0.3) is 0 Å². The number of benzene rings is 1. The maximum Gasteiger partial charge on any atom is 0.146 e. The third kappa shape index (κ3) is 1.15. The molecule has 0 aliphatic carbocycles. The van der Waals surface area contributed by atoms with E-state index in [-0.39, 0.29) is 0 Å². The van der Waals surface area contributed by atoms with Crippen molar-refractivity contribution in [2.24, 2.45) is 0 Å². The van der Waals surface area contributed by atoms with Crippen LogP contribution in [-0.2, 0) is 0 Å². The van der Waals surface area contributed by atoms with E-state index in [1.807, 2.05) is 0 Å². The molecule has 0 aliphatic rings. The molecule has 0 radical (unpaired) electrons. The van der Waals surface area contributed by atoms with Gasteiger partial charge in [0.05, 0.1) is 12.7 Å². The number of hydrogen-bond donors (Lipinski definition) is 0. The van der Waals surface area contributed by atoms with Crippen molar-refractivity contribution in [3.05, 3.63) is 30.1 Å². The topological polar surface area (TPSA) is 58.8 Å². The normalized spacial score (nSPS) is 9.71. The van der Waals surface area contributed by atoms with Crippen LogP contribution in [0.1, 0.15) is 5.56 Å². The predicted octanol–water partition coefficient (Wildman–Crippen LogP) is 1.51. The van der Waals surface area contributed by atoms with Gasteiger partial charge in [-0.1, -0.05) is 0 Å². The molecule has 4 nitrogen and oxygen atoms in total. The Balaban J connectivity index is 2.87. The fourth-order valence-electron chi connectivity index (χ4n) is 1.29. The van der Waals surface area contributed by atoms with E-state index in [0.29, 0.717) is 22.3 Å². The summed E-state index contributed by atoms with van der Waals surface area (Å²) in [5.74, 6) is 0.632. The van der Waals surface area contributed by atoms with E-state index in [2.05, 4.69) is 16.0 Å². The van der Waals surface area contributed by atoms with E-state index in [0.717, 1.165) is 0 Å². The van der Waals surface area contributed by atoms with Crippen LogP contribution in [0, 0.1) is 11.3 Å². The summed E-state index contributed by atoms with van der Waals surface area (Å²) in [5, 5.41) is 8.84. The largest absolute Gasteiger partial charge is 0.494 e. The van der Waals surface area contributed by atoms with Crippen molar-refractivity contribution in [2.75, 3.05) is 7.11 Å². The molecule has 68 valence electrons. The Bertz CT molecular complexity index is 516. The van der Waals surface area contributed by atoms with Gasteiger partial charge in [-0.25, -0.2) is 4.98 Å². The van der Waals surface area contributed by atoms with Gasteiger partial charge in [-0.3, -0.25) is 4.98 Å². The second-order valence-corrected chi connectivity index (χ2v) is 2.68. The lowest BCUT2D eigenvalue weighted by atomic mass is 10.2. The molecule has 0 aliphatic heterocycles. The predicted molar refractivity (Wildman–Crippen MR) is 50.8 cm³/mol. The van der Waals surface area contributed by atoms with Gasteiger partial charge in [0.1, 0.15) is 22.9 Å². The Labute approximate surface area is 80.8 Å². The van der Waals surface area contributed by atoms with Gasteiger partial charge in [0, 0.05) is 12.4 Å². The molecule has 0 fully saturated rings. The molecular formula is C10H7N3O. The first-order valence-electron chi connectivity index (χ1n) is 4.04. The summed E-state index contributed by atoms with van der Waals surface area (Å²) in [5.41, 5.74) is 1.71. The molecular weight excluding hydrogens is 178 g/mol. The standard InChI is InChI=1S/C10H7N3O/c1-14-8-3-2-7(6-11)9-10(8)13-5-4-12-9/h2-5H,1H3. The Morgan fingerprint density at radius 3 is 2.57 bits per heavy atom. The second-order valence-electron chi connectivity index (χ2n) is 2.68. The highest BCUT2D eigenvalue weighted by atomic mass is 16.5. The molecule has 0 atom stereocenters. The fourth-order valence-corrected chi connectivity index (χ4v) is 1.29. The van der Waals surface area contributed by atoms with E-state index in [1.165, 1.54) is 0 Å². The third-order valence-electron chi connectivity index (χ3n) is 1.93. The van der Waals surface area contributed by atoms with Crippen LogP contribution in [0.5, 0.6) is 5.75 Å². The number of methoxy groups -OCH3 is 1. The van der Waals surface area contributed by atoms with Crippen molar-refractivity contribution in [1.29, 1.82) is 5.26 Å². The van der Waals surface area contributed by atoms with E-state index in [4.69, 9.17) is 10.00 Å². The third-order valence-corrected chi connectivity index (χ3v) is 1.93. The van der Waals surface area contributed by atoms with Crippen LogP contribution in [0.4, 0.5) is 0 Å². The van der Waals surface area contributed by atoms with Crippen molar-refractivity contribution in [3.8, 4) is 11.8 Å². The number of hydrogen-bond acceptors (Lipinski definition) is 4. The van der Waals surface area contributed by atoms with E-state index in [9.17, 15) is 0 Å². The number of nitrogens with zero attached hydrogens (tertiary/aromatic N) is 3. The minimum Gasteiger partial charge on any atom is -0.494 e. The fraction of sp³-hybridized carbons (Fsp3) is 0.100. The zero-order chi connectivity index (χ0) is 9.97. The molecule has 2 aromatic rings. The molecule has 0 spiro atoms. The second kappa shape index (κ2) is 3.30. The molecule has 0 saturated carbocycles. The molecule has 0 unspecified atom stereocenters.